The van der Waals surface area contributed by atoms with E-state index in [-0.39, 0.29) is 22.6 Å². The molecular formula is C15H16Cl2N4O2S2. The summed E-state index contributed by atoms with van der Waals surface area (Å²) in [6.07, 6.45) is 2.62. The Morgan fingerprint density at radius 2 is 2.12 bits per heavy atom. The molecule has 0 radical (unpaired) electrons. The van der Waals surface area contributed by atoms with Gasteiger partial charge in [0.1, 0.15) is 0 Å². The van der Waals surface area contributed by atoms with Gasteiger partial charge in [-0.3, -0.25) is 9.12 Å². The number of thiazole rings is 1. The highest BCUT2D eigenvalue weighted by atomic mass is 35.5. The molecule has 2 aromatic heterocycles. The van der Waals surface area contributed by atoms with Gasteiger partial charge in [0.15, 0.2) is 15.1 Å². The van der Waals surface area contributed by atoms with Crippen LogP contribution in [0.4, 0.5) is 5.69 Å². The van der Waals surface area contributed by atoms with Crippen LogP contribution in [0.15, 0.2) is 34.8 Å². The topological polar surface area (TPSA) is 66.7 Å². The van der Waals surface area contributed by atoms with Crippen molar-refractivity contribution in [3.8, 4) is 0 Å². The van der Waals surface area contributed by atoms with E-state index < -0.39 is 10.0 Å². The molecule has 1 aliphatic heterocycles. The predicted octanol–water partition coefficient (Wildman–Crippen LogP) is 3.26. The molecule has 0 atom stereocenters. The summed E-state index contributed by atoms with van der Waals surface area (Å²) in [6, 6.07) is 5.67. The van der Waals surface area contributed by atoms with Gasteiger partial charge in [0.2, 0.25) is 0 Å². The number of aromatic nitrogens is 2. The van der Waals surface area contributed by atoms with Gasteiger partial charge in [0.05, 0.1) is 0 Å². The first-order valence-corrected chi connectivity index (χ1v) is 10.1. The molecule has 0 bridgehead atoms. The summed E-state index contributed by atoms with van der Waals surface area (Å²) < 4.78 is 29.6. The van der Waals surface area contributed by atoms with E-state index in [1.54, 1.807) is 17.6 Å². The quantitative estimate of drug-likeness (QED) is 0.708. The van der Waals surface area contributed by atoms with E-state index in [1.807, 2.05) is 12.1 Å². The van der Waals surface area contributed by atoms with Gasteiger partial charge in [-0.15, -0.1) is 23.7 Å². The molecule has 1 aromatic carbocycles. The monoisotopic (exact) mass is 418 g/mol. The Bertz CT molecular complexity index is 1030. The Balaban J connectivity index is 0.00000182. The van der Waals surface area contributed by atoms with E-state index in [1.165, 1.54) is 21.3 Å². The van der Waals surface area contributed by atoms with E-state index in [0.29, 0.717) is 10.6 Å². The highest BCUT2D eigenvalue weighted by Gasteiger charge is 2.25. The summed E-state index contributed by atoms with van der Waals surface area (Å²) in [7, 11) is -1.77. The number of nitrogens with zero attached hydrogens (tertiary/aromatic N) is 3. The molecule has 0 saturated heterocycles. The van der Waals surface area contributed by atoms with Crippen molar-refractivity contribution >= 4 is 56.0 Å². The van der Waals surface area contributed by atoms with Crippen molar-refractivity contribution in [1.82, 2.24) is 14.3 Å². The average Bonchev–Trinajstić information content (AvgIpc) is 3.05. The second-order valence-electron chi connectivity index (χ2n) is 5.84. The summed E-state index contributed by atoms with van der Waals surface area (Å²) in [5, 5.41) is 1.72. The number of hydrogen-bond acceptors (Lipinski definition) is 5. The van der Waals surface area contributed by atoms with Crippen LogP contribution < -0.4 is 4.72 Å². The molecule has 0 unspecified atom stereocenters. The van der Waals surface area contributed by atoms with Crippen molar-refractivity contribution in [2.45, 2.75) is 18.0 Å². The number of hydrogen-bond donors (Lipinski definition) is 1. The first kappa shape index (κ1) is 18.5. The summed E-state index contributed by atoms with van der Waals surface area (Å²) in [5.74, 6) is 0. The smallest absolute Gasteiger partial charge is 0.281 e. The van der Waals surface area contributed by atoms with Crippen molar-refractivity contribution in [2.24, 2.45) is 0 Å². The number of anilines is 1. The van der Waals surface area contributed by atoms with Crippen molar-refractivity contribution in [1.29, 1.82) is 0 Å². The van der Waals surface area contributed by atoms with Gasteiger partial charge in [0, 0.05) is 30.4 Å². The zero-order valence-corrected chi connectivity index (χ0v) is 16.5. The fraction of sp³-hybridized carbons (Fsp3) is 0.267. The molecule has 3 heterocycles. The van der Waals surface area contributed by atoms with Crippen LogP contribution in [-0.4, -0.2) is 36.3 Å². The lowest BCUT2D eigenvalue weighted by Gasteiger charge is -2.25. The van der Waals surface area contributed by atoms with Crippen LogP contribution >= 0.6 is 35.3 Å². The fourth-order valence-corrected chi connectivity index (χ4v) is 5.45. The van der Waals surface area contributed by atoms with Crippen LogP contribution in [0.3, 0.4) is 0 Å². The Morgan fingerprint density at radius 1 is 1.32 bits per heavy atom. The number of likely N-dealkylation sites (N-methyl/N-ethyl adjacent to an activating group) is 1. The van der Waals surface area contributed by atoms with E-state index >= 15 is 0 Å². The van der Waals surface area contributed by atoms with Crippen molar-refractivity contribution in [2.75, 3.05) is 18.3 Å². The molecule has 0 amide bonds. The normalized spacial score (nSPS) is 15.0. The third kappa shape index (κ3) is 3.37. The van der Waals surface area contributed by atoms with Gasteiger partial charge in [-0.05, 0) is 36.7 Å². The maximum atomic E-state index is 12.8. The van der Waals surface area contributed by atoms with E-state index in [0.717, 1.165) is 25.1 Å². The standard InChI is InChI=1S/C15H15ClN4O2S2.ClH/c1-19-5-4-10-2-3-12(8-11(10)9-19)18-24(21,22)14-13(16)17-15-20(14)6-7-23-15;/h2-3,6-8,18H,4-5,9H2,1H3;1H. The summed E-state index contributed by atoms with van der Waals surface area (Å²) in [4.78, 5) is 6.84. The Morgan fingerprint density at radius 3 is 2.92 bits per heavy atom. The van der Waals surface area contributed by atoms with Crippen LogP contribution in [0.2, 0.25) is 5.15 Å². The highest BCUT2D eigenvalue weighted by Crippen LogP contribution is 2.28. The summed E-state index contributed by atoms with van der Waals surface area (Å²) in [6.45, 7) is 1.83. The minimum absolute atomic E-state index is 0. The second-order valence-corrected chi connectivity index (χ2v) is 8.67. The largest absolute Gasteiger partial charge is 0.302 e. The van der Waals surface area contributed by atoms with Gasteiger partial charge in [-0.2, -0.15) is 8.42 Å². The Hall–Kier alpha value is -1.32. The lowest BCUT2D eigenvalue weighted by molar-refractivity contribution is 0.313. The minimum atomic E-state index is -3.83. The lowest BCUT2D eigenvalue weighted by atomic mass is 10.00. The molecule has 4 rings (SSSR count). The third-order valence-electron chi connectivity index (χ3n) is 4.09. The number of benzene rings is 1. The summed E-state index contributed by atoms with van der Waals surface area (Å²) in [5.41, 5.74) is 2.94. The van der Waals surface area contributed by atoms with Crippen LogP contribution in [0.25, 0.3) is 4.96 Å². The van der Waals surface area contributed by atoms with E-state index in [9.17, 15) is 8.42 Å². The highest BCUT2D eigenvalue weighted by molar-refractivity contribution is 7.92. The molecular weight excluding hydrogens is 403 g/mol. The maximum absolute atomic E-state index is 12.8. The van der Waals surface area contributed by atoms with Crippen molar-refractivity contribution in [3.05, 3.63) is 46.1 Å². The number of sulfonamides is 1. The SMILES string of the molecule is CN1CCc2ccc(NS(=O)(=O)c3c(Cl)nc4sccn34)cc2C1.Cl. The van der Waals surface area contributed by atoms with E-state index in [2.05, 4.69) is 21.7 Å². The fourth-order valence-electron chi connectivity index (χ4n) is 2.94. The van der Waals surface area contributed by atoms with Crippen LogP contribution in [0, 0.1) is 0 Å². The molecule has 10 heteroatoms. The second kappa shape index (κ2) is 6.77. The minimum Gasteiger partial charge on any atom is -0.302 e. The molecule has 1 aliphatic rings. The van der Waals surface area contributed by atoms with Crippen LogP contribution in [-0.2, 0) is 23.0 Å². The number of nitrogens with one attached hydrogen (secondary N) is 1. The molecule has 0 fully saturated rings. The Labute approximate surface area is 160 Å². The number of rotatable bonds is 3. The van der Waals surface area contributed by atoms with Gasteiger partial charge in [-0.1, -0.05) is 17.7 Å². The molecule has 0 saturated carbocycles. The average molecular weight is 419 g/mol. The molecule has 134 valence electrons. The van der Waals surface area contributed by atoms with E-state index in [4.69, 9.17) is 11.6 Å². The Kier molecular flexibility index (Phi) is 5.00. The van der Waals surface area contributed by atoms with Crippen molar-refractivity contribution in [3.63, 3.8) is 0 Å². The zero-order valence-electron chi connectivity index (χ0n) is 13.3. The summed E-state index contributed by atoms with van der Waals surface area (Å²) >= 11 is 7.38. The molecule has 25 heavy (non-hydrogen) atoms. The van der Waals surface area contributed by atoms with Crippen LogP contribution in [0.1, 0.15) is 11.1 Å². The molecule has 0 spiro atoms. The lowest BCUT2D eigenvalue weighted by Crippen LogP contribution is -2.26. The predicted molar refractivity (Wildman–Crippen MR) is 103 cm³/mol. The first-order valence-electron chi connectivity index (χ1n) is 7.38. The molecule has 0 aliphatic carbocycles. The molecule has 1 N–H and O–H groups in total. The third-order valence-corrected chi connectivity index (χ3v) is 6.63. The van der Waals surface area contributed by atoms with Gasteiger partial charge in [0.25, 0.3) is 10.0 Å². The molecule has 3 aromatic rings. The first-order chi connectivity index (χ1) is 11.4. The number of imidazole rings is 1. The van der Waals surface area contributed by atoms with Crippen LogP contribution in [0.5, 0.6) is 0 Å². The van der Waals surface area contributed by atoms with Gasteiger partial charge < -0.3 is 4.90 Å². The molecule has 6 nitrogen and oxygen atoms in total. The maximum Gasteiger partial charge on any atom is 0.281 e. The number of fused-ring (bicyclic) bond motifs is 2. The zero-order chi connectivity index (χ0) is 16.9. The van der Waals surface area contributed by atoms with Gasteiger partial charge in [-0.25, -0.2) is 4.98 Å². The van der Waals surface area contributed by atoms with Gasteiger partial charge >= 0.3 is 0 Å². The van der Waals surface area contributed by atoms with Crippen molar-refractivity contribution < 1.29 is 8.42 Å². The number of halogens is 2.